The Morgan fingerprint density at radius 3 is 2.61 bits per heavy atom. The average Bonchev–Trinajstić information content (AvgIpc) is 3.23. The molecule has 1 aromatic rings. The highest BCUT2D eigenvalue weighted by molar-refractivity contribution is 5.93. The SMILES string of the molecule is COC(=O)[C@@H]1C[C@H](OC(C)=O)C(=O)[C@H]2[C@@]1(C)CC[C@H]1C(=O)O[C@H](c3ccoc3C#N)C[C@]21C. The zero-order chi connectivity index (χ0) is 24.1. The van der Waals surface area contributed by atoms with Crippen LogP contribution in [0.4, 0.5) is 0 Å². The van der Waals surface area contributed by atoms with Gasteiger partial charge in [0.2, 0.25) is 5.76 Å². The molecule has 0 spiro atoms. The number of esters is 3. The number of ether oxygens (including phenoxy) is 3. The Morgan fingerprint density at radius 1 is 1.24 bits per heavy atom. The molecule has 0 radical (unpaired) electrons. The summed E-state index contributed by atoms with van der Waals surface area (Å²) in [7, 11) is 1.29. The molecule has 176 valence electrons. The van der Waals surface area contributed by atoms with Crippen molar-refractivity contribution >= 4 is 23.7 Å². The summed E-state index contributed by atoms with van der Waals surface area (Å²) in [6.07, 6.45) is 0.706. The Kier molecular flexibility index (Phi) is 5.59. The first-order valence-corrected chi connectivity index (χ1v) is 11.0. The van der Waals surface area contributed by atoms with E-state index in [2.05, 4.69) is 0 Å². The number of nitriles is 1. The number of furan rings is 1. The molecular formula is C24H27NO8. The minimum absolute atomic E-state index is 0.0486. The fraction of sp³-hybridized carbons (Fsp3) is 0.625. The number of Topliss-reactive ketones (excluding diaryl/α,β-unsaturated/α-hetero) is 1. The average molecular weight is 457 g/mol. The minimum Gasteiger partial charge on any atom is -0.469 e. The number of methoxy groups -OCH3 is 1. The fourth-order valence-electron chi connectivity index (χ4n) is 6.66. The lowest BCUT2D eigenvalue weighted by molar-refractivity contribution is -0.210. The lowest BCUT2D eigenvalue weighted by atomic mass is 9.43. The molecule has 0 bridgehead atoms. The van der Waals surface area contributed by atoms with E-state index in [9.17, 15) is 24.4 Å². The number of carbonyl (C=O) groups is 4. The topological polar surface area (TPSA) is 133 Å². The maximum atomic E-state index is 13.8. The molecule has 1 aliphatic heterocycles. The van der Waals surface area contributed by atoms with Gasteiger partial charge in [-0.15, -0.1) is 0 Å². The first kappa shape index (κ1) is 23.0. The highest BCUT2D eigenvalue weighted by atomic mass is 16.6. The molecule has 1 saturated heterocycles. The fourth-order valence-corrected chi connectivity index (χ4v) is 6.66. The first-order chi connectivity index (χ1) is 15.6. The van der Waals surface area contributed by atoms with Crippen molar-refractivity contribution < 1.29 is 37.8 Å². The number of ketones is 1. The van der Waals surface area contributed by atoms with Crippen LogP contribution >= 0.6 is 0 Å². The van der Waals surface area contributed by atoms with Crippen molar-refractivity contribution in [1.29, 1.82) is 5.26 Å². The van der Waals surface area contributed by atoms with E-state index < -0.39 is 58.7 Å². The number of cyclic esters (lactones) is 1. The summed E-state index contributed by atoms with van der Waals surface area (Å²) in [5.41, 5.74) is -1.23. The van der Waals surface area contributed by atoms with Crippen LogP contribution in [0, 0.1) is 39.9 Å². The van der Waals surface area contributed by atoms with E-state index in [-0.39, 0.29) is 24.4 Å². The van der Waals surface area contributed by atoms with Crippen molar-refractivity contribution in [3.8, 4) is 6.07 Å². The van der Waals surface area contributed by atoms with E-state index in [0.29, 0.717) is 18.4 Å². The first-order valence-electron chi connectivity index (χ1n) is 11.0. The summed E-state index contributed by atoms with van der Waals surface area (Å²) in [4.78, 5) is 51.5. The molecule has 0 unspecified atom stereocenters. The standard InChI is InChI=1S/C24H27NO8/c1-12(26)32-16-9-15(21(28)30-4)23(2)7-5-14-22(29)33-17(13-6-8-31-18(13)11-25)10-24(14,3)20(23)19(16)27/h6,8,14-17,20H,5,7,9-10H2,1-4H3/t14-,15-,16-,17-,20-,23-,24-/m0/s1. The molecule has 0 amide bonds. The maximum Gasteiger partial charge on any atom is 0.310 e. The highest BCUT2D eigenvalue weighted by Crippen LogP contribution is 2.65. The van der Waals surface area contributed by atoms with Crippen LogP contribution in [0.5, 0.6) is 0 Å². The highest BCUT2D eigenvalue weighted by Gasteiger charge is 2.67. The molecule has 1 aromatic heterocycles. The number of rotatable bonds is 3. The van der Waals surface area contributed by atoms with Crippen molar-refractivity contribution in [2.75, 3.05) is 7.11 Å². The van der Waals surface area contributed by atoms with Crippen molar-refractivity contribution in [2.24, 2.45) is 28.6 Å². The second-order valence-electron chi connectivity index (χ2n) is 9.79. The normalized spacial score (nSPS) is 37.7. The third-order valence-electron chi connectivity index (χ3n) is 8.04. The lowest BCUT2D eigenvalue weighted by Gasteiger charge is -2.61. The Labute approximate surface area is 191 Å². The molecule has 3 aliphatic rings. The van der Waals surface area contributed by atoms with Crippen LogP contribution in [-0.2, 0) is 33.4 Å². The predicted molar refractivity (Wildman–Crippen MR) is 110 cm³/mol. The van der Waals surface area contributed by atoms with Crippen molar-refractivity contribution in [3.63, 3.8) is 0 Å². The predicted octanol–water partition coefficient (Wildman–Crippen LogP) is 2.87. The van der Waals surface area contributed by atoms with E-state index in [1.165, 1.54) is 20.3 Å². The summed E-state index contributed by atoms with van der Waals surface area (Å²) in [5.74, 6) is -3.76. The van der Waals surface area contributed by atoms with Crippen LogP contribution in [0.15, 0.2) is 16.7 Å². The molecule has 2 aliphatic carbocycles. The third-order valence-corrected chi connectivity index (χ3v) is 8.04. The molecule has 0 N–H and O–H groups in total. The summed E-state index contributed by atoms with van der Waals surface area (Å²) in [6.45, 7) is 4.97. The molecule has 7 atom stereocenters. The maximum absolute atomic E-state index is 13.8. The largest absolute Gasteiger partial charge is 0.469 e. The van der Waals surface area contributed by atoms with Gasteiger partial charge in [-0.25, -0.2) is 0 Å². The van der Waals surface area contributed by atoms with E-state index in [1.807, 2.05) is 19.9 Å². The van der Waals surface area contributed by atoms with Gasteiger partial charge in [-0.3, -0.25) is 19.2 Å². The van der Waals surface area contributed by atoms with Gasteiger partial charge >= 0.3 is 17.9 Å². The van der Waals surface area contributed by atoms with Gasteiger partial charge in [0.05, 0.1) is 25.2 Å². The quantitative estimate of drug-likeness (QED) is 0.496. The Bertz CT molecular complexity index is 1050. The Hall–Kier alpha value is -3.15. The molecule has 3 fully saturated rings. The van der Waals surface area contributed by atoms with Gasteiger partial charge in [0.1, 0.15) is 12.2 Å². The van der Waals surface area contributed by atoms with Crippen LogP contribution in [-0.4, -0.2) is 36.9 Å². The van der Waals surface area contributed by atoms with Crippen molar-refractivity contribution in [1.82, 2.24) is 0 Å². The monoisotopic (exact) mass is 457 g/mol. The number of carbonyl (C=O) groups excluding carboxylic acids is 4. The van der Waals surface area contributed by atoms with Crippen LogP contribution in [0.1, 0.15) is 63.9 Å². The second-order valence-corrected chi connectivity index (χ2v) is 9.79. The van der Waals surface area contributed by atoms with Gasteiger partial charge in [-0.2, -0.15) is 5.26 Å². The van der Waals surface area contributed by atoms with Gasteiger partial charge in [0.15, 0.2) is 11.9 Å². The Morgan fingerprint density at radius 2 is 1.97 bits per heavy atom. The van der Waals surface area contributed by atoms with Crippen LogP contribution < -0.4 is 0 Å². The smallest absolute Gasteiger partial charge is 0.310 e. The molecule has 9 nitrogen and oxygen atoms in total. The molecule has 33 heavy (non-hydrogen) atoms. The summed E-state index contributed by atoms with van der Waals surface area (Å²) in [5, 5.41) is 9.37. The molecule has 2 saturated carbocycles. The number of hydrogen-bond acceptors (Lipinski definition) is 9. The van der Waals surface area contributed by atoms with Gasteiger partial charge in [0.25, 0.3) is 0 Å². The lowest BCUT2D eigenvalue weighted by Crippen LogP contribution is -2.64. The van der Waals surface area contributed by atoms with Crippen LogP contribution in [0.2, 0.25) is 0 Å². The second kappa shape index (κ2) is 8.01. The summed E-state index contributed by atoms with van der Waals surface area (Å²) in [6, 6.07) is 3.55. The van der Waals surface area contributed by atoms with E-state index in [0.717, 1.165) is 0 Å². The van der Waals surface area contributed by atoms with Gasteiger partial charge in [-0.05, 0) is 36.2 Å². The van der Waals surface area contributed by atoms with E-state index >= 15 is 0 Å². The third kappa shape index (κ3) is 3.43. The zero-order valence-corrected chi connectivity index (χ0v) is 19.1. The van der Waals surface area contributed by atoms with Crippen molar-refractivity contribution in [2.45, 2.75) is 58.7 Å². The van der Waals surface area contributed by atoms with Crippen LogP contribution in [0.25, 0.3) is 0 Å². The number of hydrogen-bond donors (Lipinski definition) is 0. The van der Waals surface area contributed by atoms with Crippen LogP contribution in [0.3, 0.4) is 0 Å². The number of nitrogens with zero attached hydrogens (tertiary/aromatic N) is 1. The Balaban J connectivity index is 1.81. The van der Waals surface area contributed by atoms with Gasteiger partial charge in [0, 0.05) is 24.8 Å². The molecule has 4 rings (SSSR count). The minimum atomic E-state index is -1.10. The van der Waals surface area contributed by atoms with Gasteiger partial charge < -0.3 is 18.6 Å². The molecule has 9 heteroatoms. The van der Waals surface area contributed by atoms with Gasteiger partial charge in [-0.1, -0.05) is 13.8 Å². The van der Waals surface area contributed by atoms with E-state index in [4.69, 9.17) is 18.6 Å². The molecule has 0 aromatic carbocycles. The van der Waals surface area contributed by atoms with E-state index in [1.54, 1.807) is 6.07 Å². The molecular weight excluding hydrogens is 430 g/mol. The van der Waals surface area contributed by atoms with Crippen molar-refractivity contribution in [3.05, 3.63) is 23.7 Å². The summed E-state index contributed by atoms with van der Waals surface area (Å²) < 4.78 is 21.3. The number of fused-ring (bicyclic) bond motifs is 3. The zero-order valence-electron chi connectivity index (χ0n) is 19.1. The molecule has 2 heterocycles. The summed E-state index contributed by atoms with van der Waals surface area (Å²) >= 11 is 0.